The molecule has 228 valence electrons. The number of aromatic nitrogens is 1. The van der Waals surface area contributed by atoms with Gasteiger partial charge in [0, 0.05) is 56.0 Å². The molecule has 1 aromatic heterocycles. The molecule has 0 atom stereocenters. The molecule has 1 heterocycles. The smallest absolute Gasteiger partial charge is 0.254 e. The Kier molecular flexibility index (Phi) is 12.2. The van der Waals surface area contributed by atoms with Crippen LogP contribution in [0.5, 0.6) is 5.75 Å². The Morgan fingerprint density at radius 3 is 2.28 bits per heavy atom. The fraction of sp³-hybridized carbons (Fsp3) is 0.389. The normalized spacial score (nSPS) is 11.0. The number of hydrogen-bond donors (Lipinski definition) is 1. The molecular weight excluding hydrogens is 538 g/mol. The van der Waals surface area contributed by atoms with Gasteiger partial charge in [-0.15, -0.1) is 0 Å². The summed E-state index contributed by atoms with van der Waals surface area (Å²) in [7, 11) is 1.65. The molecule has 7 nitrogen and oxygen atoms in total. The Labute approximate surface area is 255 Å². The number of para-hydroxylation sites is 1. The number of carbonyl (C=O) groups excluding carboxylic acids is 2. The van der Waals surface area contributed by atoms with Crippen LogP contribution in [0.25, 0.3) is 10.9 Å². The lowest BCUT2D eigenvalue weighted by atomic mass is 10.1. The number of aryl methyl sites for hydroxylation is 1. The van der Waals surface area contributed by atoms with Gasteiger partial charge in [-0.25, -0.2) is 0 Å². The van der Waals surface area contributed by atoms with Crippen molar-refractivity contribution in [3.8, 4) is 5.75 Å². The highest BCUT2D eigenvalue weighted by atomic mass is 16.5. The number of rotatable bonds is 17. The molecule has 0 aliphatic heterocycles. The summed E-state index contributed by atoms with van der Waals surface area (Å²) in [4.78, 5) is 34.5. The number of hydrogen-bond acceptors (Lipinski definition) is 4. The summed E-state index contributed by atoms with van der Waals surface area (Å²) in [5.41, 5.74) is 5.07. The third-order valence-electron chi connectivity index (χ3n) is 7.70. The number of nitrogens with zero attached hydrogens (tertiary/aromatic N) is 2. The Morgan fingerprint density at radius 2 is 1.56 bits per heavy atom. The number of ether oxygens (including phenoxy) is 2. The molecule has 7 heteroatoms. The van der Waals surface area contributed by atoms with E-state index in [4.69, 9.17) is 9.47 Å². The van der Waals surface area contributed by atoms with Gasteiger partial charge in [-0.3, -0.25) is 9.59 Å². The van der Waals surface area contributed by atoms with Crippen molar-refractivity contribution in [3.05, 3.63) is 101 Å². The van der Waals surface area contributed by atoms with Gasteiger partial charge in [0.2, 0.25) is 5.91 Å². The molecule has 0 saturated carbocycles. The van der Waals surface area contributed by atoms with Gasteiger partial charge < -0.3 is 24.3 Å². The fourth-order valence-corrected chi connectivity index (χ4v) is 5.26. The Balaban J connectivity index is 1.52. The van der Waals surface area contributed by atoms with Crippen LogP contribution in [0.15, 0.2) is 79.0 Å². The monoisotopic (exact) mass is 583 g/mol. The van der Waals surface area contributed by atoms with E-state index in [1.165, 1.54) is 5.56 Å². The number of amides is 2. The van der Waals surface area contributed by atoms with Crippen LogP contribution in [-0.2, 0) is 28.9 Å². The zero-order chi connectivity index (χ0) is 30.4. The molecule has 4 rings (SSSR count). The number of nitrogens with one attached hydrogen (secondary N) is 1. The standard InChI is InChI=1S/C36H45N3O4/c1-4-6-10-28-13-17-30(18-14-28)36(41)39(22-9-24-42-3)27-35(40)38(26-29-15-19-32(20-16-29)43-5-2)23-21-31-25-37-34-12-8-7-11-33(31)34/h7-8,11-20,25,37H,4-6,9-10,21-24,26-27H2,1-3H3. The molecular formula is C36H45N3O4. The molecule has 43 heavy (non-hydrogen) atoms. The van der Waals surface area contributed by atoms with Crippen molar-refractivity contribution in [1.82, 2.24) is 14.8 Å². The van der Waals surface area contributed by atoms with E-state index in [1.807, 2.05) is 78.7 Å². The largest absolute Gasteiger partial charge is 0.494 e. The molecule has 0 aliphatic rings. The molecule has 0 spiro atoms. The van der Waals surface area contributed by atoms with Crippen LogP contribution in [-0.4, -0.2) is 66.6 Å². The van der Waals surface area contributed by atoms with Gasteiger partial charge in [-0.05, 0) is 79.6 Å². The van der Waals surface area contributed by atoms with Gasteiger partial charge in [-0.1, -0.05) is 55.8 Å². The highest BCUT2D eigenvalue weighted by Gasteiger charge is 2.23. The summed E-state index contributed by atoms with van der Waals surface area (Å²) in [6, 6.07) is 23.9. The first-order chi connectivity index (χ1) is 21.0. The van der Waals surface area contributed by atoms with E-state index in [2.05, 4.69) is 24.0 Å². The van der Waals surface area contributed by atoms with Crippen molar-refractivity contribution < 1.29 is 19.1 Å². The van der Waals surface area contributed by atoms with E-state index in [-0.39, 0.29) is 18.4 Å². The SMILES string of the molecule is CCCCc1ccc(C(=O)N(CCCOC)CC(=O)N(CCc2c[nH]c3ccccc23)Cc2ccc(OCC)cc2)cc1. The summed E-state index contributed by atoms with van der Waals surface area (Å²) in [5, 5.41) is 1.16. The van der Waals surface area contributed by atoms with Crippen LogP contribution in [0.4, 0.5) is 0 Å². The Bertz CT molecular complexity index is 1430. The molecule has 0 saturated heterocycles. The van der Waals surface area contributed by atoms with E-state index in [0.717, 1.165) is 47.0 Å². The van der Waals surface area contributed by atoms with E-state index in [0.29, 0.717) is 51.3 Å². The van der Waals surface area contributed by atoms with E-state index in [1.54, 1.807) is 12.0 Å². The van der Waals surface area contributed by atoms with Crippen molar-refractivity contribution in [3.63, 3.8) is 0 Å². The van der Waals surface area contributed by atoms with Crippen LogP contribution in [0, 0.1) is 0 Å². The Hall–Kier alpha value is -4.10. The van der Waals surface area contributed by atoms with Crippen molar-refractivity contribution in [1.29, 1.82) is 0 Å². The van der Waals surface area contributed by atoms with Crippen molar-refractivity contribution >= 4 is 22.7 Å². The second-order valence-corrected chi connectivity index (χ2v) is 10.9. The fourth-order valence-electron chi connectivity index (χ4n) is 5.26. The van der Waals surface area contributed by atoms with E-state index >= 15 is 0 Å². The van der Waals surface area contributed by atoms with Gasteiger partial charge in [-0.2, -0.15) is 0 Å². The highest BCUT2D eigenvalue weighted by Crippen LogP contribution is 2.20. The third kappa shape index (κ3) is 9.19. The number of fused-ring (bicyclic) bond motifs is 1. The van der Waals surface area contributed by atoms with Crippen LogP contribution in [0.1, 0.15) is 60.2 Å². The number of carbonyl (C=O) groups is 2. The Morgan fingerprint density at radius 1 is 0.814 bits per heavy atom. The minimum Gasteiger partial charge on any atom is -0.494 e. The van der Waals surface area contributed by atoms with Crippen molar-refractivity contribution in [2.75, 3.05) is 40.0 Å². The minimum absolute atomic E-state index is 0.00501. The van der Waals surface area contributed by atoms with Crippen molar-refractivity contribution in [2.45, 2.75) is 52.5 Å². The predicted octanol–water partition coefficient (Wildman–Crippen LogP) is 6.66. The lowest BCUT2D eigenvalue weighted by molar-refractivity contribution is -0.132. The molecule has 3 aromatic carbocycles. The number of methoxy groups -OCH3 is 1. The van der Waals surface area contributed by atoms with E-state index in [9.17, 15) is 9.59 Å². The summed E-state index contributed by atoms with van der Waals surface area (Å²) < 4.78 is 10.9. The first kappa shape index (κ1) is 31.8. The molecule has 0 fully saturated rings. The maximum absolute atomic E-state index is 14.0. The zero-order valence-electron chi connectivity index (χ0n) is 25.8. The number of benzene rings is 3. The highest BCUT2D eigenvalue weighted by molar-refractivity contribution is 5.96. The summed E-state index contributed by atoms with van der Waals surface area (Å²) in [6.45, 7) is 6.67. The molecule has 2 amide bonds. The van der Waals surface area contributed by atoms with Gasteiger partial charge >= 0.3 is 0 Å². The predicted molar refractivity (Wildman–Crippen MR) is 172 cm³/mol. The lowest BCUT2D eigenvalue weighted by Crippen LogP contribution is -2.44. The van der Waals surface area contributed by atoms with E-state index < -0.39 is 0 Å². The first-order valence-electron chi connectivity index (χ1n) is 15.4. The summed E-state index contributed by atoms with van der Waals surface area (Å²) in [6.07, 6.45) is 6.62. The molecule has 0 unspecified atom stereocenters. The summed E-state index contributed by atoms with van der Waals surface area (Å²) in [5.74, 6) is 0.585. The number of aromatic amines is 1. The third-order valence-corrected chi connectivity index (χ3v) is 7.70. The first-order valence-corrected chi connectivity index (χ1v) is 15.4. The maximum atomic E-state index is 14.0. The average Bonchev–Trinajstić information content (AvgIpc) is 3.45. The van der Waals surface area contributed by atoms with Crippen molar-refractivity contribution in [2.24, 2.45) is 0 Å². The molecule has 0 bridgehead atoms. The van der Waals surface area contributed by atoms with Gasteiger partial charge in [0.1, 0.15) is 12.3 Å². The number of H-pyrrole nitrogens is 1. The number of unbranched alkanes of at least 4 members (excludes halogenated alkanes) is 1. The lowest BCUT2D eigenvalue weighted by Gasteiger charge is -2.28. The van der Waals surface area contributed by atoms with Crippen LogP contribution < -0.4 is 4.74 Å². The van der Waals surface area contributed by atoms with Gasteiger partial charge in [0.05, 0.1) is 6.61 Å². The van der Waals surface area contributed by atoms with Gasteiger partial charge in [0.25, 0.3) is 5.91 Å². The maximum Gasteiger partial charge on any atom is 0.254 e. The zero-order valence-corrected chi connectivity index (χ0v) is 25.8. The quantitative estimate of drug-likeness (QED) is 0.141. The van der Waals surface area contributed by atoms with Crippen LogP contribution >= 0.6 is 0 Å². The second kappa shape index (κ2) is 16.5. The second-order valence-electron chi connectivity index (χ2n) is 10.9. The minimum atomic E-state index is -0.135. The van der Waals surface area contributed by atoms with Gasteiger partial charge in [0.15, 0.2) is 0 Å². The van der Waals surface area contributed by atoms with Crippen LogP contribution in [0.2, 0.25) is 0 Å². The topological polar surface area (TPSA) is 74.9 Å². The molecule has 0 radical (unpaired) electrons. The average molecular weight is 584 g/mol. The summed E-state index contributed by atoms with van der Waals surface area (Å²) >= 11 is 0. The van der Waals surface area contributed by atoms with Crippen LogP contribution in [0.3, 0.4) is 0 Å². The molecule has 4 aromatic rings. The molecule has 0 aliphatic carbocycles. The molecule has 1 N–H and O–H groups in total.